The Morgan fingerprint density at radius 1 is 1.21 bits per heavy atom. The number of benzene rings is 2. The Morgan fingerprint density at radius 3 is 2.58 bits per heavy atom. The number of hydrogen-bond acceptors (Lipinski definition) is 2. The fourth-order valence-electron chi connectivity index (χ4n) is 2.97. The van der Waals surface area contributed by atoms with Crippen LogP contribution in [0.15, 0.2) is 48.5 Å². The van der Waals surface area contributed by atoms with Crippen LogP contribution in [0.1, 0.15) is 17.5 Å². The molecule has 1 aliphatic heterocycles. The fraction of sp³-hybridized carbons (Fsp3) is 0.222. The van der Waals surface area contributed by atoms with Crippen LogP contribution in [0.3, 0.4) is 0 Å². The monoisotopic (exact) mass is 347 g/mol. The number of nitro benzene ring substituents is 1. The van der Waals surface area contributed by atoms with Crippen molar-refractivity contribution < 1.29 is 14.2 Å². The van der Waals surface area contributed by atoms with Crippen LogP contribution >= 0.6 is 11.6 Å². The highest BCUT2D eigenvalue weighted by molar-refractivity contribution is 6.32. The summed E-state index contributed by atoms with van der Waals surface area (Å²) < 4.78 is 13.0. The summed E-state index contributed by atoms with van der Waals surface area (Å²) in [5.41, 5.74) is 3.13. The van der Waals surface area contributed by atoms with Gasteiger partial charge in [-0.15, -0.1) is 0 Å². The molecule has 1 N–H and O–H groups in total. The number of rotatable bonds is 4. The van der Waals surface area contributed by atoms with Crippen molar-refractivity contribution in [2.75, 3.05) is 13.1 Å². The lowest BCUT2D eigenvalue weighted by molar-refractivity contribution is -0.908. The van der Waals surface area contributed by atoms with Gasteiger partial charge in [-0.2, -0.15) is 0 Å². The van der Waals surface area contributed by atoms with Crippen molar-refractivity contribution >= 4 is 22.9 Å². The standard InChI is InChI=1S/C18H16ClFN2O2/c19-17-6-1-13(11-18(17)22(23)24)12-21-9-7-15(8-10-21)14-2-4-16(20)5-3-14/h1-7,11H,8-10,12H2/p+1. The number of nitrogens with zero attached hydrogens (tertiary/aromatic N) is 1. The number of nitrogens with one attached hydrogen (secondary N) is 1. The molecule has 0 fully saturated rings. The molecule has 1 heterocycles. The summed E-state index contributed by atoms with van der Waals surface area (Å²) >= 11 is 5.85. The molecule has 1 atom stereocenters. The minimum atomic E-state index is -0.454. The normalized spacial score (nSPS) is 17.4. The lowest BCUT2D eigenvalue weighted by atomic mass is 9.99. The molecule has 3 rings (SSSR count). The molecule has 0 saturated heterocycles. The maximum atomic E-state index is 13.0. The van der Waals surface area contributed by atoms with E-state index in [1.807, 2.05) is 6.07 Å². The molecule has 0 radical (unpaired) electrons. The highest BCUT2D eigenvalue weighted by Gasteiger charge is 2.19. The van der Waals surface area contributed by atoms with Gasteiger partial charge >= 0.3 is 0 Å². The molecule has 4 nitrogen and oxygen atoms in total. The van der Waals surface area contributed by atoms with Crippen molar-refractivity contribution in [3.63, 3.8) is 0 Å². The number of quaternary nitrogens is 1. The zero-order valence-corrected chi connectivity index (χ0v) is 13.7. The zero-order chi connectivity index (χ0) is 17.1. The third kappa shape index (κ3) is 3.80. The summed E-state index contributed by atoms with van der Waals surface area (Å²) in [6.07, 6.45) is 3.06. The Hall–Kier alpha value is -2.24. The first kappa shape index (κ1) is 16.6. The van der Waals surface area contributed by atoms with Crippen molar-refractivity contribution in [2.45, 2.75) is 13.0 Å². The van der Waals surface area contributed by atoms with E-state index < -0.39 is 4.92 Å². The number of halogens is 2. The van der Waals surface area contributed by atoms with Crippen molar-refractivity contribution in [3.05, 3.63) is 80.6 Å². The molecule has 24 heavy (non-hydrogen) atoms. The lowest BCUT2D eigenvalue weighted by Crippen LogP contribution is -3.11. The van der Waals surface area contributed by atoms with Crippen LogP contribution in [0, 0.1) is 15.9 Å². The van der Waals surface area contributed by atoms with Gasteiger partial charge in [0, 0.05) is 18.1 Å². The van der Waals surface area contributed by atoms with Gasteiger partial charge in [-0.25, -0.2) is 4.39 Å². The van der Waals surface area contributed by atoms with Crippen LogP contribution in [0.4, 0.5) is 10.1 Å². The van der Waals surface area contributed by atoms with E-state index in [9.17, 15) is 14.5 Å². The molecule has 1 unspecified atom stereocenters. The van der Waals surface area contributed by atoms with Gasteiger partial charge in [0.25, 0.3) is 5.69 Å². The summed E-state index contributed by atoms with van der Waals surface area (Å²) in [6.45, 7) is 2.48. The second kappa shape index (κ2) is 7.11. The Morgan fingerprint density at radius 2 is 1.96 bits per heavy atom. The molecule has 2 aromatic rings. The van der Waals surface area contributed by atoms with Crippen LogP contribution in [0.25, 0.3) is 5.57 Å². The molecular formula is C18H17ClFN2O2+. The third-order valence-corrected chi connectivity index (χ3v) is 4.58. The Bertz CT molecular complexity index is 790. The van der Waals surface area contributed by atoms with Gasteiger partial charge in [-0.1, -0.05) is 29.8 Å². The molecule has 0 spiro atoms. The predicted octanol–water partition coefficient (Wildman–Crippen LogP) is 3.26. The van der Waals surface area contributed by atoms with Gasteiger partial charge in [-0.3, -0.25) is 10.1 Å². The topological polar surface area (TPSA) is 47.6 Å². The van der Waals surface area contributed by atoms with Crippen LogP contribution in [0.2, 0.25) is 5.02 Å². The quantitative estimate of drug-likeness (QED) is 0.681. The first-order valence-corrected chi connectivity index (χ1v) is 8.12. The van der Waals surface area contributed by atoms with Crippen LogP contribution < -0.4 is 4.90 Å². The molecule has 124 valence electrons. The van der Waals surface area contributed by atoms with Gasteiger partial charge in [0.2, 0.25) is 0 Å². The highest BCUT2D eigenvalue weighted by Crippen LogP contribution is 2.25. The van der Waals surface area contributed by atoms with E-state index >= 15 is 0 Å². The molecule has 6 heteroatoms. The molecule has 0 aromatic heterocycles. The summed E-state index contributed by atoms with van der Waals surface area (Å²) in [5, 5.41) is 11.1. The fourth-order valence-corrected chi connectivity index (χ4v) is 3.15. The first-order valence-electron chi connectivity index (χ1n) is 7.74. The van der Waals surface area contributed by atoms with E-state index in [0.29, 0.717) is 6.54 Å². The summed E-state index contributed by atoms with van der Waals surface area (Å²) in [7, 11) is 0. The maximum Gasteiger partial charge on any atom is 0.288 e. The van der Waals surface area contributed by atoms with Crippen LogP contribution in [-0.2, 0) is 6.54 Å². The van der Waals surface area contributed by atoms with Crippen molar-refractivity contribution in [3.8, 4) is 0 Å². The van der Waals surface area contributed by atoms with Crippen LogP contribution in [-0.4, -0.2) is 18.0 Å². The van der Waals surface area contributed by atoms with Crippen molar-refractivity contribution in [1.82, 2.24) is 0 Å². The summed E-state index contributed by atoms with van der Waals surface area (Å²) in [6, 6.07) is 11.5. The predicted molar refractivity (Wildman–Crippen MR) is 91.5 cm³/mol. The average Bonchev–Trinajstić information content (AvgIpc) is 2.58. The molecule has 0 aliphatic carbocycles. The van der Waals surface area contributed by atoms with Crippen molar-refractivity contribution in [2.24, 2.45) is 0 Å². The Kier molecular flexibility index (Phi) is 4.92. The molecule has 1 aliphatic rings. The summed E-state index contributed by atoms with van der Waals surface area (Å²) in [5.74, 6) is -0.230. The van der Waals surface area contributed by atoms with Gasteiger partial charge in [0.1, 0.15) is 17.4 Å². The van der Waals surface area contributed by atoms with E-state index in [4.69, 9.17) is 11.6 Å². The lowest BCUT2D eigenvalue weighted by Gasteiger charge is -2.23. The Balaban J connectivity index is 1.68. The SMILES string of the molecule is O=[N+]([O-])c1cc(C[NH+]2CC=C(c3ccc(F)cc3)CC2)ccc1Cl. The minimum absolute atomic E-state index is 0.0480. The van der Waals surface area contributed by atoms with Gasteiger partial charge in [-0.05, 0) is 35.4 Å². The molecule has 0 amide bonds. The maximum absolute atomic E-state index is 13.0. The zero-order valence-electron chi connectivity index (χ0n) is 13.0. The van der Waals surface area contributed by atoms with E-state index in [1.54, 1.807) is 24.3 Å². The molecule has 0 saturated carbocycles. The smallest absolute Gasteiger partial charge is 0.288 e. The van der Waals surface area contributed by atoms with Crippen LogP contribution in [0.5, 0.6) is 0 Å². The number of hydrogen-bond donors (Lipinski definition) is 1. The molecular weight excluding hydrogens is 331 g/mol. The van der Waals surface area contributed by atoms with E-state index in [2.05, 4.69) is 6.08 Å². The largest absolute Gasteiger partial charge is 0.328 e. The molecule has 0 bridgehead atoms. The van der Waals surface area contributed by atoms with Gasteiger partial charge in [0.05, 0.1) is 18.0 Å². The minimum Gasteiger partial charge on any atom is -0.328 e. The van der Waals surface area contributed by atoms with E-state index in [-0.39, 0.29) is 16.5 Å². The Labute approximate surface area is 144 Å². The molecule has 2 aromatic carbocycles. The summed E-state index contributed by atoms with van der Waals surface area (Å²) in [4.78, 5) is 11.8. The van der Waals surface area contributed by atoms with E-state index in [1.165, 1.54) is 22.6 Å². The van der Waals surface area contributed by atoms with E-state index in [0.717, 1.165) is 30.6 Å². The second-order valence-corrected chi connectivity index (χ2v) is 6.32. The first-order chi connectivity index (χ1) is 11.5. The van der Waals surface area contributed by atoms with Crippen molar-refractivity contribution in [1.29, 1.82) is 0 Å². The van der Waals surface area contributed by atoms with Gasteiger partial charge in [0.15, 0.2) is 0 Å². The number of nitro groups is 1. The van der Waals surface area contributed by atoms with Gasteiger partial charge < -0.3 is 4.90 Å². The average molecular weight is 348 g/mol. The third-order valence-electron chi connectivity index (χ3n) is 4.26. The highest BCUT2D eigenvalue weighted by atomic mass is 35.5. The second-order valence-electron chi connectivity index (χ2n) is 5.91.